The highest BCUT2D eigenvalue weighted by atomic mass is 16.5. The van der Waals surface area contributed by atoms with E-state index >= 15 is 0 Å². The molecule has 1 unspecified atom stereocenters. The average Bonchev–Trinajstić information content (AvgIpc) is 2.77. The highest BCUT2D eigenvalue weighted by molar-refractivity contribution is 5.80. The number of likely N-dealkylation sites (tertiary alicyclic amines) is 1. The number of aliphatic hydroxyl groups excluding tert-OH is 2. The third-order valence-electron chi connectivity index (χ3n) is 5.96. The fourth-order valence-corrected chi connectivity index (χ4v) is 3.87. The number of piperidine rings is 1. The molecule has 1 amide bonds. The molecule has 0 spiro atoms. The van der Waals surface area contributed by atoms with Crippen molar-refractivity contribution in [1.82, 2.24) is 15.2 Å². The third kappa shape index (κ3) is 6.26. The predicted molar refractivity (Wildman–Crippen MR) is 111 cm³/mol. The van der Waals surface area contributed by atoms with Gasteiger partial charge in [0.25, 0.3) is 0 Å². The van der Waals surface area contributed by atoms with Gasteiger partial charge in [-0.1, -0.05) is 6.08 Å². The second-order valence-corrected chi connectivity index (χ2v) is 8.21. The van der Waals surface area contributed by atoms with Gasteiger partial charge in [0.05, 0.1) is 37.8 Å². The van der Waals surface area contributed by atoms with Gasteiger partial charge >= 0.3 is 0 Å². The van der Waals surface area contributed by atoms with Gasteiger partial charge in [-0.25, -0.2) is 0 Å². The molecule has 0 bridgehead atoms. The van der Waals surface area contributed by atoms with E-state index in [0.717, 1.165) is 49.6 Å². The third-order valence-corrected chi connectivity index (χ3v) is 5.96. The second-order valence-electron chi connectivity index (χ2n) is 8.21. The summed E-state index contributed by atoms with van der Waals surface area (Å²) in [5.74, 6) is 1.18. The summed E-state index contributed by atoms with van der Waals surface area (Å²) in [4.78, 5) is 19.1. The summed E-state index contributed by atoms with van der Waals surface area (Å²) in [6.07, 6.45) is 8.38. The Labute approximate surface area is 172 Å². The number of hydrogen-bond donors (Lipinski definition) is 3. The monoisotopic (exact) mass is 403 g/mol. The molecule has 1 fully saturated rings. The number of aliphatic hydroxyl groups is 2. The first-order chi connectivity index (χ1) is 14.1. The van der Waals surface area contributed by atoms with Gasteiger partial charge < -0.3 is 25.2 Å². The molecule has 1 saturated heterocycles. The van der Waals surface area contributed by atoms with Gasteiger partial charge in [-0.15, -0.1) is 0 Å². The molecule has 29 heavy (non-hydrogen) atoms. The summed E-state index contributed by atoms with van der Waals surface area (Å²) in [6.45, 7) is 2.51. The van der Waals surface area contributed by atoms with Crippen molar-refractivity contribution in [3.63, 3.8) is 0 Å². The molecule has 0 aromatic carbocycles. The molecule has 2 aliphatic rings. The van der Waals surface area contributed by atoms with Crippen molar-refractivity contribution in [3.05, 3.63) is 30.1 Å². The van der Waals surface area contributed by atoms with Crippen LogP contribution in [-0.2, 0) is 4.79 Å². The summed E-state index contributed by atoms with van der Waals surface area (Å²) in [5, 5.41) is 20.9. The van der Waals surface area contributed by atoms with Gasteiger partial charge in [0, 0.05) is 5.92 Å². The zero-order valence-corrected chi connectivity index (χ0v) is 17.2. The van der Waals surface area contributed by atoms with Gasteiger partial charge in [0.2, 0.25) is 5.91 Å². The van der Waals surface area contributed by atoms with Crippen molar-refractivity contribution in [2.75, 3.05) is 40.0 Å². The number of carbonyl (C=O) groups excluding carboxylic acids is 1. The van der Waals surface area contributed by atoms with Gasteiger partial charge in [-0.05, 0) is 75.9 Å². The number of nitrogens with one attached hydrogen (secondary N) is 1. The van der Waals surface area contributed by atoms with Crippen molar-refractivity contribution in [2.24, 2.45) is 11.8 Å². The highest BCUT2D eigenvalue weighted by Crippen LogP contribution is 2.30. The van der Waals surface area contributed by atoms with Crippen molar-refractivity contribution in [3.8, 4) is 5.75 Å². The summed E-state index contributed by atoms with van der Waals surface area (Å²) in [6, 6.07) is 3.38. The first-order valence-electron chi connectivity index (χ1n) is 10.6. The van der Waals surface area contributed by atoms with Crippen LogP contribution in [0.5, 0.6) is 5.75 Å². The Kier molecular flexibility index (Phi) is 8.03. The minimum absolute atomic E-state index is 0.112. The van der Waals surface area contributed by atoms with Crippen LogP contribution in [-0.4, -0.2) is 72.0 Å². The first-order valence-corrected chi connectivity index (χ1v) is 10.6. The van der Waals surface area contributed by atoms with E-state index in [9.17, 15) is 4.79 Å². The molecule has 160 valence electrons. The molecular weight excluding hydrogens is 370 g/mol. The minimum atomic E-state index is -0.586. The Bertz CT molecular complexity index is 680. The molecule has 2 heterocycles. The quantitative estimate of drug-likeness (QED) is 0.608. The van der Waals surface area contributed by atoms with E-state index in [1.165, 1.54) is 12.8 Å². The summed E-state index contributed by atoms with van der Waals surface area (Å²) < 4.78 is 5.94. The molecular formula is C22H33N3O4. The van der Waals surface area contributed by atoms with Crippen LogP contribution in [0.15, 0.2) is 24.4 Å². The number of allylic oxidation sites excluding steroid dienone is 2. The number of pyridine rings is 1. The average molecular weight is 404 g/mol. The van der Waals surface area contributed by atoms with Gasteiger partial charge in [-0.3, -0.25) is 9.78 Å². The van der Waals surface area contributed by atoms with Crippen molar-refractivity contribution in [2.45, 2.75) is 38.1 Å². The van der Waals surface area contributed by atoms with Crippen LogP contribution in [0.4, 0.5) is 0 Å². The van der Waals surface area contributed by atoms with E-state index in [1.807, 2.05) is 12.1 Å². The summed E-state index contributed by atoms with van der Waals surface area (Å²) in [7, 11) is 2.16. The van der Waals surface area contributed by atoms with E-state index in [-0.39, 0.29) is 25.0 Å². The van der Waals surface area contributed by atoms with Crippen LogP contribution >= 0.6 is 0 Å². The van der Waals surface area contributed by atoms with Crippen molar-refractivity contribution < 1.29 is 19.7 Å². The Balaban J connectivity index is 1.47. The number of ether oxygens (including phenoxy) is 1. The fourth-order valence-electron chi connectivity index (χ4n) is 3.87. The molecule has 1 aliphatic carbocycles. The molecule has 7 nitrogen and oxygen atoms in total. The largest absolute Gasteiger partial charge is 0.492 e. The number of nitrogens with zero attached hydrogens (tertiary/aromatic N) is 2. The lowest BCUT2D eigenvalue weighted by Crippen LogP contribution is -2.43. The van der Waals surface area contributed by atoms with Crippen LogP contribution < -0.4 is 10.1 Å². The van der Waals surface area contributed by atoms with Crippen molar-refractivity contribution in [1.29, 1.82) is 0 Å². The zero-order valence-electron chi connectivity index (χ0n) is 17.2. The molecule has 0 radical (unpaired) electrons. The maximum Gasteiger partial charge on any atom is 0.223 e. The number of carbonyl (C=O) groups is 1. The topological polar surface area (TPSA) is 94.9 Å². The molecule has 3 rings (SSSR count). The lowest BCUT2D eigenvalue weighted by Gasteiger charge is -2.28. The lowest BCUT2D eigenvalue weighted by molar-refractivity contribution is -0.126. The maximum absolute atomic E-state index is 12.2. The van der Waals surface area contributed by atoms with Gasteiger partial charge in [0.1, 0.15) is 5.75 Å². The molecule has 1 aliphatic heterocycles. The first kappa shape index (κ1) is 21.7. The maximum atomic E-state index is 12.2. The van der Waals surface area contributed by atoms with Crippen LogP contribution in [0, 0.1) is 11.8 Å². The number of aromatic nitrogens is 1. The van der Waals surface area contributed by atoms with Crippen LogP contribution in [0.2, 0.25) is 0 Å². The Hall–Kier alpha value is -1.96. The van der Waals surface area contributed by atoms with Crippen LogP contribution in [0.25, 0.3) is 5.57 Å². The number of rotatable bonds is 8. The standard InChI is InChI=1S/C22H33N3O4/c1-25-10-8-16(9-11-25)15-29-20-6-7-21(23-12-20)17-2-4-18(5-3-17)22(28)24-19(13-26)14-27/h2,6-7,12,16,18-19,26-27H,3-5,8-11,13-15H2,1H3,(H,24,28). The number of amides is 1. The molecule has 7 heteroatoms. The highest BCUT2D eigenvalue weighted by Gasteiger charge is 2.24. The lowest BCUT2D eigenvalue weighted by atomic mass is 9.87. The van der Waals surface area contributed by atoms with Crippen molar-refractivity contribution >= 4 is 11.5 Å². The second kappa shape index (κ2) is 10.7. The van der Waals surface area contributed by atoms with E-state index < -0.39 is 6.04 Å². The van der Waals surface area contributed by atoms with E-state index in [4.69, 9.17) is 14.9 Å². The summed E-state index contributed by atoms with van der Waals surface area (Å²) in [5.41, 5.74) is 2.08. The molecule has 1 atom stereocenters. The molecule has 1 aromatic rings. The molecule has 1 aromatic heterocycles. The van der Waals surface area contributed by atoms with E-state index in [0.29, 0.717) is 12.3 Å². The van der Waals surface area contributed by atoms with E-state index in [2.05, 4.69) is 28.3 Å². The normalized spacial score (nSPS) is 21.1. The van der Waals surface area contributed by atoms with Gasteiger partial charge in [-0.2, -0.15) is 0 Å². The zero-order chi connectivity index (χ0) is 20.6. The Morgan fingerprint density at radius 3 is 2.62 bits per heavy atom. The fraction of sp³-hybridized carbons (Fsp3) is 0.636. The van der Waals surface area contributed by atoms with E-state index in [1.54, 1.807) is 6.20 Å². The summed E-state index contributed by atoms with van der Waals surface area (Å²) >= 11 is 0. The van der Waals surface area contributed by atoms with Crippen LogP contribution in [0.3, 0.4) is 0 Å². The smallest absolute Gasteiger partial charge is 0.223 e. The Morgan fingerprint density at radius 2 is 2.03 bits per heavy atom. The SMILES string of the molecule is CN1CCC(COc2ccc(C3=CCC(C(=O)NC(CO)CO)CC3)nc2)CC1. The van der Waals surface area contributed by atoms with Crippen LogP contribution in [0.1, 0.15) is 37.8 Å². The molecule has 3 N–H and O–H groups in total. The Morgan fingerprint density at radius 1 is 1.28 bits per heavy atom. The number of hydrogen-bond acceptors (Lipinski definition) is 6. The molecule has 0 saturated carbocycles. The minimum Gasteiger partial charge on any atom is -0.492 e. The van der Waals surface area contributed by atoms with Gasteiger partial charge in [0.15, 0.2) is 0 Å². The predicted octanol–water partition coefficient (Wildman–Crippen LogP) is 1.46.